The van der Waals surface area contributed by atoms with Gasteiger partial charge in [-0.1, -0.05) is 0 Å². The van der Waals surface area contributed by atoms with E-state index in [1.807, 2.05) is 31.7 Å². The minimum atomic E-state index is -0.0485. The van der Waals surface area contributed by atoms with Crippen molar-refractivity contribution in [2.45, 2.75) is 20.0 Å². The molecule has 0 aliphatic carbocycles. The van der Waals surface area contributed by atoms with Gasteiger partial charge in [0.25, 0.3) is 0 Å². The van der Waals surface area contributed by atoms with Crippen molar-refractivity contribution in [2.75, 3.05) is 19.8 Å². The van der Waals surface area contributed by atoms with Crippen LogP contribution in [0.5, 0.6) is 0 Å². The average molecular weight is 225 g/mol. The summed E-state index contributed by atoms with van der Waals surface area (Å²) in [6.45, 7) is 5.13. The molecule has 1 unspecified atom stereocenters. The Bertz CT molecular complexity index is 333. The Kier molecular flexibility index (Phi) is 5.22. The number of aromatic nitrogens is 1. The predicted molar refractivity (Wildman–Crippen MR) is 61.7 cm³/mol. The molecule has 1 aromatic heterocycles. The number of carbonyl (C=O) groups excluding carboxylic acids is 1. The number of nitrogens with zero attached hydrogens (tertiary/aromatic N) is 1. The van der Waals surface area contributed by atoms with Crippen LogP contribution in [0.25, 0.3) is 0 Å². The molecule has 0 saturated heterocycles. The molecule has 0 aliphatic heterocycles. The van der Waals surface area contributed by atoms with E-state index >= 15 is 0 Å². The standard InChI is InChI=1S/C12H19NO3/c1-4-15-8-10(2)16-9-12(14)11-5-6-13(3)7-11/h5-7,10H,4,8-9H2,1-3H3. The average Bonchev–Trinajstić information content (AvgIpc) is 2.69. The molecule has 16 heavy (non-hydrogen) atoms. The third-order valence-corrected chi connectivity index (χ3v) is 2.21. The van der Waals surface area contributed by atoms with Crippen LogP contribution in [-0.4, -0.2) is 36.3 Å². The lowest BCUT2D eigenvalue weighted by molar-refractivity contribution is 0.00116. The van der Waals surface area contributed by atoms with Gasteiger partial charge < -0.3 is 14.0 Å². The number of carbonyl (C=O) groups is 1. The first-order chi connectivity index (χ1) is 7.63. The van der Waals surface area contributed by atoms with E-state index < -0.39 is 0 Å². The Hall–Kier alpha value is -1.13. The first-order valence-corrected chi connectivity index (χ1v) is 5.48. The van der Waals surface area contributed by atoms with Crippen LogP contribution in [0.15, 0.2) is 18.5 Å². The second-order valence-corrected chi connectivity index (χ2v) is 3.77. The molecule has 1 heterocycles. The molecule has 0 bridgehead atoms. The van der Waals surface area contributed by atoms with E-state index in [9.17, 15) is 4.79 Å². The van der Waals surface area contributed by atoms with Crippen LogP contribution >= 0.6 is 0 Å². The molecule has 90 valence electrons. The summed E-state index contributed by atoms with van der Waals surface area (Å²) in [6.07, 6.45) is 3.59. The van der Waals surface area contributed by atoms with E-state index in [-0.39, 0.29) is 18.5 Å². The number of rotatable bonds is 7. The zero-order chi connectivity index (χ0) is 12.0. The summed E-state index contributed by atoms with van der Waals surface area (Å²) in [7, 11) is 1.88. The maximum atomic E-state index is 11.7. The van der Waals surface area contributed by atoms with Crippen molar-refractivity contribution in [1.82, 2.24) is 4.57 Å². The van der Waals surface area contributed by atoms with Gasteiger partial charge in [-0.3, -0.25) is 4.79 Å². The summed E-state index contributed by atoms with van der Waals surface area (Å²) in [4.78, 5) is 11.7. The van der Waals surface area contributed by atoms with Crippen molar-refractivity contribution < 1.29 is 14.3 Å². The van der Waals surface area contributed by atoms with Gasteiger partial charge in [-0.15, -0.1) is 0 Å². The van der Waals surface area contributed by atoms with E-state index in [4.69, 9.17) is 9.47 Å². The highest BCUT2D eigenvalue weighted by molar-refractivity contribution is 5.96. The van der Waals surface area contributed by atoms with Crippen LogP contribution in [0.2, 0.25) is 0 Å². The van der Waals surface area contributed by atoms with Crippen molar-refractivity contribution in [1.29, 1.82) is 0 Å². The summed E-state index contributed by atoms with van der Waals surface area (Å²) in [5.74, 6) is 0.00366. The maximum Gasteiger partial charge on any atom is 0.189 e. The Morgan fingerprint density at radius 2 is 2.31 bits per heavy atom. The highest BCUT2D eigenvalue weighted by Gasteiger charge is 2.09. The van der Waals surface area contributed by atoms with Gasteiger partial charge >= 0.3 is 0 Å². The van der Waals surface area contributed by atoms with Gasteiger partial charge in [-0.05, 0) is 19.9 Å². The summed E-state index contributed by atoms with van der Waals surface area (Å²) in [5.41, 5.74) is 0.686. The number of hydrogen-bond acceptors (Lipinski definition) is 3. The summed E-state index contributed by atoms with van der Waals surface area (Å²) in [5, 5.41) is 0. The SMILES string of the molecule is CCOCC(C)OCC(=O)c1ccn(C)c1. The maximum absolute atomic E-state index is 11.7. The van der Waals surface area contributed by atoms with Crippen molar-refractivity contribution in [3.05, 3.63) is 24.0 Å². The van der Waals surface area contributed by atoms with Gasteiger partial charge in [-0.25, -0.2) is 0 Å². The van der Waals surface area contributed by atoms with Gasteiger partial charge in [0.1, 0.15) is 6.61 Å². The first-order valence-electron chi connectivity index (χ1n) is 5.48. The molecule has 0 aromatic carbocycles. The molecular formula is C12H19NO3. The quantitative estimate of drug-likeness (QED) is 0.662. The van der Waals surface area contributed by atoms with Crippen LogP contribution in [0, 0.1) is 0 Å². The van der Waals surface area contributed by atoms with Crippen molar-refractivity contribution >= 4 is 5.78 Å². The molecule has 1 atom stereocenters. The van der Waals surface area contributed by atoms with E-state index in [0.717, 1.165) is 0 Å². The lowest BCUT2D eigenvalue weighted by Crippen LogP contribution is -2.20. The zero-order valence-corrected chi connectivity index (χ0v) is 10.1. The summed E-state index contributed by atoms with van der Waals surface area (Å²) in [6, 6.07) is 1.79. The summed E-state index contributed by atoms with van der Waals surface area (Å²) >= 11 is 0. The minimum Gasteiger partial charge on any atom is -0.379 e. The second kappa shape index (κ2) is 6.45. The van der Waals surface area contributed by atoms with Crippen molar-refractivity contribution in [3.63, 3.8) is 0 Å². The largest absolute Gasteiger partial charge is 0.379 e. The van der Waals surface area contributed by atoms with E-state index in [1.165, 1.54) is 0 Å². The molecule has 1 rings (SSSR count). The van der Waals surface area contributed by atoms with Crippen LogP contribution in [-0.2, 0) is 16.5 Å². The van der Waals surface area contributed by atoms with E-state index in [1.54, 1.807) is 12.3 Å². The van der Waals surface area contributed by atoms with Crippen molar-refractivity contribution in [2.24, 2.45) is 7.05 Å². The lowest BCUT2D eigenvalue weighted by atomic mass is 10.2. The topological polar surface area (TPSA) is 40.5 Å². The minimum absolute atomic E-state index is 0.00366. The fraction of sp³-hybridized carbons (Fsp3) is 0.583. The lowest BCUT2D eigenvalue weighted by Gasteiger charge is -2.11. The van der Waals surface area contributed by atoms with Gasteiger partial charge in [0.05, 0.1) is 12.7 Å². The molecule has 0 N–H and O–H groups in total. The van der Waals surface area contributed by atoms with Crippen LogP contribution in [0.1, 0.15) is 24.2 Å². The zero-order valence-electron chi connectivity index (χ0n) is 10.1. The third kappa shape index (κ3) is 4.16. The van der Waals surface area contributed by atoms with Crippen molar-refractivity contribution in [3.8, 4) is 0 Å². The molecule has 4 nitrogen and oxygen atoms in total. The Morgan fingerprint density at radius 3 is 2.88 bits per heavy atom. The molecule has 4 heteroatoms. The molecule has 1 aromatic rings. The fourth-order valence-corrected chi connectivity index (χ4v) is 1.30. The highest BCUT2D eigenvalue weighted by Crippen LogP contribution is 2.02. The van der Waals surface area contributed by atoms with Crippen LogP contribution < -0.4 is 0 Å². The molecule has 0 radical (unpaired) electrons. The predicted octanol–water partition coefficient (Wildman–Crippen LogP) is 1.65. The molecular weight excluding hydrogens is 206 g/mol. The van der Waals surface area contributed by atoms with Crippen LogP contribution in [0.4, 0.5) is 0 Å². The number of hydrogen-bond donors (Lipinski definition) is 0. The highest BCUT2D eigenvalue weighted by atomic mass is 16.5. The Morgan fingerprint density at radius 1 is 1.56 bits per heavy atom. The fourth-order valence-electron chi connectivity index (χ4n) is 1.30. The van der Waals surface area contributed by atoms with Gasteiger partial charge in [0.2, 0.25) is 0 Å². The number of Topliss-reactive ketones (excluding diaryl/α,β-unsaturated/α-hetero) is 1. The third-order valence-electron chi connectivity index (χ3n) is 2.21. The van der Waals surface area contributed by atoms with Gasteiger partial charge in [0, 0.05) is 31.6 Å². The molecule has 0 aliphatic rings. The normalized spacial score (nSPS) is 12.7. The Labute approximate surface area is 96.2 Å². The number of ether oxygens (including phenoxy) is 2. The molecule has 0 saturated carbocycles. The summed E-state index contributed by atoms with van der Waals surface area (Å²) < 4.78 is 12.4. The molecule has 0 spiro atoms. The smallest absolute Gasteiger partial charge is 0.189 e. The van der Waals surface area contributed by atoms with E-state index in [2.05, 4.69) is 0 Å². The molecule has 0 amide bonds. The second-order valence-electron chi connectivity index (χ2n) is 3.77. The van der Waals surface area contributed by atoms with E-state index in [0.29, 0.717) is 18.8 Å². The number of aryl methyl sites for hydroxylation is 1. The first kappa shape index (κ1) is 12.9. The molecule has 0 fully saturated rings. The van der Waals surface area contributed by atoms with Crippen LogP contribution in [0.3, 0.4) is 0 Å². The Balaban J connectivity index is 2.30. The van der Waals surface area contributed by atoms with Gasteiger partial charge in [0.15, 0.2) is 5.78 Å². The van der Waals surface area contributed by atoms with Gasteiger partial charge in [-0.2, -0.15) is 0 Å². The number of ketones is 1. The monoisotopic (exact) mass is 225 g/mol.